The van der Waals surface area contributed by atoms with E-state index in [2.05, 4.69) is 32.3 Å². The molecule has 0 bridgehead atoms. The highest BCUT2D eigenvalue weighted by atomic mass is 79.9. The third kappa shape index (κ3) is 2.99. The van der Waals surface area contributed by atoms with Crippen molar-refractivity contribution in [3.63, 3.8) is 0 Å². The summed E-state index contributed by atoms with van der Waals surface area (Å²) in [7, 11) is 1.57. The van der Waals surface area contributed by atoms with Crippen LogP contribution in [-0.4, -0.2) is 12.1 Å². The highest BCUT2D eigenvalue weighted by Gasteiger charge is 2.00. The van der Waals surface area contributed by atoms with E-state index in [0.717, 1.165) is 15.8 Å². The molecule has 4 nitrogen and oxygen atoms in total. The van der Waals surface area contributed by atoms with Gasteiger partial charge in [-0.05, 0) is 24.3 Å². The highest BCUT2D eigenvalue weighted by Crippen LogP contribution is 2.23. The average molecular weight is 304 g/mol. The normalized spacial score (nSPS) is 9.61. The summed E-state index contributed by atoms with van der Waals surface area (Å²) in [6.45, 7) is 0. The number of aromatic nitrogens is 1. The number of benzene rings is 1. The quantitative estimate of drug-likeness (QED) is 0.943. The maximum absolute atomic E-state index is 8.89. The SMILES string of the molecule is COc1ccc(Nc2cc(Br)cc(C#N)c2)cn1. The molecule has 5 heteroatoms. The van der Waals surface area contributed by atoms with E-state index in [0.29, 0.717) is 11.4 Å². The van der Waals surface area contributed by atoms with Gasteiger partial charge < -0.3 is 10.1 Å². The molecule has 0 fully saturated rings. The molecule has 0 aliphatic rings. The Morgan fingerprint density at radius 1 is 1.28 bits per heavy atom. The van der Waals surface area contributed by atoms with Gasteiger partial charge in [0.15, 0.2) is 0 Å². The molecule has 18 heavy (non-hydrogen) atoms. The largest absolute Gasteiger partial charge is 0.481 e. The minimum Gasteiger partial charge on any atom is -0.481 e. The van der Waals surface area contributed by atoms with Crippen molar-refractivity contribution in [1.29, 1.82) is 5.26 Å². The first kappa shape index (κ1) is 12.4. The molecular formula is C13H10BrN3O. The zero-order chi connectivity index (χ0) is 13.0. The molecule has 0 saturated carbocycles. The Kier molecular flexibility index (Phi) is 3.80. The molecule has 0 amide bonds. The smallest absolute Gasteiger partial charge is 0.213 e. The number of pyridine rings is 1. The summed E-state index contributed by atoms with van der Waals surface area (Å²) in [5, 5.41) is 12.1. The van der Waals surface area contributed by atoms with Crippen LogP contribution in [0.5, 0.6) is 5.88 Å². The Morgan fingerprint density at radius 2 is 2.11 bits per heavy atom. The van der Waals surface area contributed by atoms with Gasteiger partial charge >= 0.3 is 0 Å². The van der Waals surface area contributed by atoms with Gasteiger partial charge in [0.1, 0.15) is 0 Å². The monoisotopic (exact) mass is 303 g/mol. The van der Waals surface area contributed by atoms with E-state index < -0.39 is 0 Å². The summed E-state index contributed by atoms with van der Waals surface area (Å²) in [5.74, 6) is 0.563. The van der Waals surface area contributed by atoms with Gasteiger partial charge in [0.05, 0.1) is 30.6 Å². The Morgan fingerprint density at radius 3 is 2.72 bits per heavy atom. The Hall–Kier alpha value is -2.06. The molecule has 0 atom stereocenters. The van der Waals surface area contributed by atoms with Crippen molar-refractivity contribution in [1.82, 2.24) is 4.98 Å². The van der Waals surface area contributed by atoms with Crippen LogP contribution in [0.4, 0.5) is 11.4 Å². The number of ether oxygens (including phenoxy) is 1. The van der Waals surface area contributed by atoms with Gasteiger partial charge in [0.25, 0.3) is 0 Å². The van der Waals surface area contributed by atoms with Gasteiger partial charge in [0.2, 0.25) is 5.88 Å². The molecule has 1 aromatic heterocycles. The average Bonchev–Trinajstić information content (AvgIpc) is 2.39. The predicted molar refractivity (Wildman–Crippen MR) is 72.9 cm³/mol. The molecule has 1 N–H and O–H groups in total. The van der Waals surface area contributed by atoms with Crippen molar-refractivity contribution < 1.29 is 4.74 Å². The van der Waals surface area contributed by atoms with Crippen LogP contribution >= 0.6 is 15.9 Å². The summed E-state index contributed by atoms with van der Waals surface area (Å²) in [4.78, 5) is 4.10. The molecule has 0 radical (unpaired) electrons. The Balaban J connectivity index is 2.22. The van der Waals surface area contributed by atoms with E-state index in [9.17, 15) is 0 Å². The van der Waals surface area contributed by atoms with Crippen molar-refractivity contribution in [2.75, 3.05) is 12.4 Å². The standard InChI is InChI=1S/C13H10BrN3O/c1-18-13-3-2-11(8-16-13)17-12-5-9(7-15)4-10(14)6-12/h2-6,8,17H,1H3. The van der Waals surface area contributed by atoms with Crippen molar-refractivity contribution in [2.24, 2.45) is 0 Å². The van der Waals surface area contributed by atoms with Crippen molar-refractivity contribution in [2.45, 2.75) is 0 Å². The molecule has 1 aromatic carbocycles. The number of nitrogens with one attached hydrogen (secondary N) is 1. The van der Waals surface area contributed by atoms with Crippen molar-refractivity contribution in [3.8, 4) is 11.9 Å². The summed E-state index contributed by atoms with van der Waals surface area (Å²) in [5.41, 5.74) is 2.25. The maximum atomic E-state index is 8.89. The lowest BCUT2D eigenvalue weighted by Gasteiger charge is -2.07. The number of hydrogen-bond acceptors (Lipinski definition) is 4. The first-order valence-corrected chi connectivity index (χ1v) is 5.98. The molecule has 0 unspecified atom stereocenters. The number of nitrogens with zero attached hydrogens (tertiary/aromatic N) is 2. The fourth-order valence-electron chi connectivity index (χ4n) is 1.47. The number of halogens is 1. The predicted octanol–water partition coefficient (Wildman–Crippen LogP) is 3.47. The minimum absolute atomic E-state index is 0.563. The van der Waals surface area contributed by atoms with Crippen LogP contribution < -0.4 is 10.1 Å². The van der Waals surface area contributed by atoms with Gasteiger partial charge in [0, 0.05) is 16.2 Å². The van der Waals surface area contributed by atoms with Crippen LogP contribution in [0.15, 0.2) is 41.0 Å². The van der Waals surface area contributed by atoms with Gasteiger partial charge in [-0.1, -0.05) is 15.9 Å². The van der Waals surface area contributed by atoms with Crippen molar-refractivity contribution >= 4 is 27.3 Å². The Bertz CT molecular complexity index is 590. The third-order valence-electron chi connectivity index (χ3n) is 2.26. The van der Waals surface area contributed by atoms with Crippen LogP contribution in [0, 0.1) is 11.3 Å². The second kappa shape index (κ2) is 5.52. The van der Waals surface area contributed by atoms with Gasteiger partial charge in [-0.2, -0.15) is 5.26 Å². The zero-order valence-corrected chi connectivity index (χ0v) is 11.2. The highest BCUT2D eigenvalue weighted by molar-refractivity contribution is 9.10. The molecule has 0 aliphatic heterocycles. The molecule has 0 aliphatic carbocycles. The summed E-state index contributed by atoms with van der Waals surface area (Å²) in [6.07, 6.45) is 1.67. The molecule has 0 spiro atoms. The minimum atomic E-state index is 0.563. The van der Waals surface area contributed by atoms with E-state index in [1.165, 1.54) is 0 Å². The number of methoxy groups -OCH3 is 1. The molecule has 2 aromatic rings. The first-order chi connectivity index (χ1) is 8.71. The molecular weight excluding hydrogens is 294 g/mol. The zero-order valence-electron chi connectivity index (χ0n) is 9.64. The van der Waals surface area contributed by atoms with Crippen molar-refractivity contribution in [3.05, 3.63) is 46.6 Å². The van der Waals surface area contributed by atoms with E-state index in [4.69, 9.17) is 10.00 Å². The molecule has 1 heterocycles. The molecule has 90 valence electrons. The topological polar surface area (TPSA) is 57.9 Å². The van der Waals surface area contributed by atoms with Gasteiger partial charge in [-0.25, -0.2) is 4.98 Å². The van der Waals surface area contributed by atoms with Crippen LogP contribution in [0.2, 0.25) is 0 Å². The van der Waals surface area contributed by atoms with Crippen LogP contribution in [0.3, 0.4) is 0 Å². The van der Waals surface area contributed by atoms with E-state index in [1.807, 2.05) is 12.1 Å². The first-order valence-electron chi connectivity index (χ1n) is 5.19. The van der Waals surface area contributed by atoms with E-state index in [-0.39, 0.29) is 0 Å². The van der Waals surface area contributed by atoms with Crippen LogP contribution in [-0.2, 0) is 0 Å². The Labute approximate surface area is 113 Å². The summed E-state index contributed by atoms with van der Waals surface area (Å²) >= 11 is 3.36. The lowest BCUT2D eigenvalue weighted by atomic mass is 10.2. The second-order valence-electron chi connectivity index (χ2n) is 3.55. The van der Waals surface area contributed by atoms with E-state index >= 15 is 0 Å². The second-order valence-corrected chi connectivity index (χ2v) is 4.47. The number of nitriles is 1. The van der Waals surface area contributed by atoms with Gasteiger partial charge in [-0.15, -0.1) is 0 Å². The summed E-state index contributed by atoms with van der Waals surface area (Å²) < 4.78 is 5.84. The lowest BCUT2D eigenvalue weighted by Crippen LogP contribution is -1.93. The maximum Gasteiger partial charge on any atom is 0.213 e. The fraction of sp³-hybridized carbons (Fsp3) is 0.0769. The van der Waals surface area contributed by atoms with E-state index in [1.54, 1.807) is 31.5 Å². The number of rotatable bonds is 3. The fourth-order valence-corrected chi connectivity index (χ4v) is 1.96. The lowest BCUT2D eigenvalue weighted by molar-refractivity contribution is 0.398. The summed E-state index contributed by atoms with van der Waals surface area (Å²) in [6, 6.07) is 11.2. The number of anilines is 2. The van der Waals surface area contributed by atoms with Gasteiger partial charge in [-0.3, -0.25) is 0 Å². The van der Waals surface area contributed by atoms with Crippen LogP contribution in [0.1, 0.15) is 5.56 Å². The molecule has 2 rings (SSSR count). The third-order valence-corrected chi connectivity index (χ3v) is 2.72. The van der Waals surface area contributed by atoms with Crippen LogP contribution in [0.25, 0.3) is 0 Å². The number of hydrogen-bond donors (Lipinski definition) is 1. The molecule has 0 saturated heterocycles.